The monoisotopic (exact) mass is 372 g/mol. The fourth-order valence-electron chi connectivity index (χ4n) is 4.02. The Kier molecular flexibility index (Phi) is 13.8. The van der Waals surface area contributed by atoms with Gasteiger partial charge in [-0.2, -0.15) is 0 Å². The molecule has 1 nitrogen and oxygen atoms in total. The van der Waals surface area contributed by atoms with E-state index in [1.165, 1.54) is 82.7 Å². The minimum absolute atomic E-state index is 0.474. The highest BCUT2D eigenvalue weighted by Crippen LogP contribution is 2.23. The van der Waals surface area contributed by atoms with Crippen molar-refractivity contribution in [2.45, 2.75) is 135 Å². The van der Waals surface area contributed by atoms with E-state index < -0.39 is 16.4 Å². The van der Waals surface area contributed by atoms with Crippen molar-refractivity contribution >= 4 is 16.4 Å². The highest BCUT2D eigenvalue weighted by molar-refractivity contribution is 6.92. The summed E-state index contributed by atoms with van der Waals surface area (Å²) < 4.78 is 6.48. The Morgan fingerprint density at radius 3 is 1.50 bits per heavy atom. The van der Waals surface area contributed by atoms with Crippen LogP contribution in [0.5, 0.6) is 0 Å². The van der Waals surface area contributed by atoms with E-state index in [-0.39, 0.29) is 0 Å². The summed E-state index contributed by atoms with van der Waals surface area (Å²) >= 11 is 0. The van der Waals surface area contributed by atoms with Crippen LogP contribution in [0.1, 0.15) is 90.9 Å². The van der Waals surface area contributed by atoms with Gasteiger partial charge in [0, 0.05) is 14.2 Å². The second kappa shape index (κ2) is 13.6. The summed E-state index contributed by atoms with van der Waals surface area (Å²) in [6, 6.07) is 0. The van der Waals surface area contributed by atoms with Crippen molar-refractivity contribution < 1.29 is 4.43 Å². The maximum absolute atomic E-state index is 6.48. The molecular formula is C21H48OSi2. The van der Waals surface area contributed by atoms with E-state index in [9.17, 15) is 0 Å². The summed E-state index contributed by atoms with van der Waals surface area (Å²) in [6.45, 7) is 16.8. The summed E-state index contributed by atoms with van der Waals surface area (Å²) in [5.74, 6) is 0. The number of rotatable bonds is 16. The summed E-state index contributed by atoms with van der Waals surface area (Å²) in [5.41, 5.74) is 1.39. The molecule has 0 saturated heterocycles. The van der Waals surface area contributed by atoms with Gasteiger partial charge in [-0.3, -0.25) is 0 Å². The SMILES string of the molecule is CCCCCCCCCCCCCC(C)O[Si](C)(C)C[Si](C)(C)C. The molecule has 0 aromatic heterocycles. The van der Waals surface area contributed by atoms with Gasteiger partial charge in [-0.15, -0.1) is 0 Å². The Morgan fingerprint density at radius 2 is 1.08 bits per heavy atom. The van der Waals surface area contributed by atoms with Crippen LogP contribution in [-0.2, 0) is 4.43 Å². The molecule has 0 heterocycles. The first-order chi connectivity index (χ1) is 11.2. The fourth-order valence-corrected chi connectivity index (χ4v) is 15.8. The van der Waals surface area contributed by atoms with Crippen LogP contribution in [0, 0.1) is 0 Å². The number of hydrogen-bond donors (Lipinski definition) is 0. The van der Waals surface area contributed by atoms with Gasteiger partial charge in [0.1, 0.15) is 0 Å². The summed E-state index contributed by atoms with van der Waals surface area (Å²) in [7, 11) is -2.43. The third-order valence-electron chi connectivity index (χ3n) is 4.69. The van der Waals surface area contributed by atoms with Crippen molar-refractivity contribution in [1.82, 2.24) is 0 Å². The molecule has 0 bridgehead atoms. The first-order valence-corrected chi connectivity index (χ1v) is 17.7. The Hall–Kier alpha value is 0.394. The highest BCUT2D eigenvalue weighted by Gasteiger charge is 2.31. The third kappa shape index (κ3) is 17.2. The zero-order valence-corrected chi connectivity index (χ0v) is 20.2. The van der Waals surface area contributed by atoms with Crippen molar-refractivity contribution in [2.24, 2.45) is 0 Å². The maximum Gasteiger partial charge on any atom is 0.184 e. The van der Waals surface area contributed by atoms with Crippen LogP contribution >= 0.6 is 0 Å². The van der Waals surface area contributed by atoms with E-state index >= 15 is 0 Å². The minimum Gasteiger partial charge on any atom is -0.415 e. The molecule has 0 aliphatic carbocycles. The molecule has 1 atom stereocenters. The van der Waals surface area contributed by atoms with Crippen LogP contribution in [0.25, 0.3) is 0 Å². The molecule has 0 rings (SSSR count). The lowest BCUT2D eigenvalue weighted by Gasteiger charge is -2.32. The quantitative estimate of drug-likeness (QED) is 0.196. The van der Waals surface area contributed by atoms with Gasteiger partial charge in [0.25, 0.3) is 0 Å². The molecule has 146 valence electrons. The molecule has 0 aliphatic heterocycles. The van der Waals surface area contributed by atoms with Crippen molar-refractivity contribution in [2.75, 3.05) is 0 Å². The standard InChI is InChI=1S/C21H48OSi2/c1-8-9-10-11-12-13-14-15-16-17-18-19-21(2)22-24(6,7)20-23(3,4)5/h21H,8-20H2,1-7H3. The molecule has 0 amide bonds. The molecule has 24 heavy (non-hydrogen) atoms. The first-order valence-electron chi connectivity index (χ1n) is 10.8. The largest absolute Gasteiger partial charge is 0.415 e. The van der Waals surface area contributed by atoms with E-state index in [0.717, 1.165) is 0 Å². The lowest BCUT2D eigenvalue weighted by molar-refractivity contribution is 0.198. The lowest BCUT2D eigenvalue weighted by Crippen LogP contribution is -2.42. The van der Waals surface area contributed by atoms with E-state index in [1.807, 2.05) is 0 Å². The third-order valence-corrected chi connectivity index (χ3v) is 13.4. The molecule has 0 N–H and O–H groups in total. The van der Waals surface area contributed by atoms with Gasteiger partial charge in [0.2, 0.25) is 0 Å². The average Bonchev–Trinajstić information content (AvgIpc) is 2.41. The smallest absolute Gasteiger partial charge is 0.184 e. The molecule has 0 aliphatic rings. The van der Waals surface area contributed by atoms with Gasteiger partial charge < -0.3 is 4.43 Å². The molecular weight excluding hydrogens is 324 g/mol. The molecule has 3 heteroatoms. The van der Waals surface area contributed by atoms with E-state index in [4.69, 9.17) is 4.43 Å². The lowest BCUT2D eigenvalue weighted by atomic mass is 10.0. The summed E-state index contributed by atoms with van der Waals surface area (Å²) in [5, 5.41) is 0. The fraction of sp³-hybridized carbons (Fsp3) is 1.00. The highest BCUT2D eigenvalue weighted by atomic mass is 28.4. The van der Waals surface area contributed by atoms with Crippen LogP contribution in [0.4, 0.5) is 0 Å². The minimum atomic E-state index is -1.44. The normalized spacial score (nSPS) is 14.1. The van der Waals surface area contributed by atoms with E-state index in [0.29, 0.717) is 6.10 Å². The maximum atomic E-state index is 6.48. The van der Waals surface area contributed by atoms with Gasteiger partial charge in [0.15, 0.2) is 8.32 Å². The Morgan fingerprint density at radius 1 is 0.667 bits per heavy atom. The predicted molar refractivity (Wildman–Crippen MR) is 117 cm³/mol. The van der Waals surface area contributed by atoms with Crippen LogP contribution in [0.15, 0.2) is 0 Å². The summed E-state index contributed by atoms with van der Waals surface area (Å²) in [4.78, 5) is 0. The molecule has 0 aromatic rings. The van der Waals surface area contributed by atoms with Crippen molar-refractivity contribution in [3.63, 3.8) is 0 Å². The van der Waals surface area contributed by atoms with Gasteiger partial charge in [-0.05, 0) is 32.1 Å². The number of hydrogen-bond acceptors (Lipinski definition) is 1. The van der Waals surface area contributed by atoms with Crippen molar-refractivity contribution in [1.29, 1.82) is 0 Å². The second-order valence-corrected chi connectivity index (χ2v) is 20.0. The van der Waals surface area contributed by atoms with Crippen LogP contribution in [-0.4, -0.2) is 22.5 Å². The van der Waals surface area contributed by atoms with Gasteiger partial charge >= 0.3 is 0 Å². The zero-order valence-electron chi connectivity index (χ0n) is 18.2. The van der Waals surface area contributed by atoms with Crippen LogP contribution in [0.2, 0.25) is 38.4 Å². The van der Waals surface area contributed by atoms with Crippen molar-refractivity contribution in [3.05, 3.63) is 0 Å². The van der Waals surface area contributed by atoms with Crippen LogP contribution in [0.3, 0.4) is 0 Å². The second-order valence-electron chi connectivity index (χ2n) is 9.75. The first kappa shape index (κ1) is 24.4. The molecule has 0 saturated carbocycles. The molecule has 0 fully saturated rings. The molecule has 0 spiro atoms. The Bertz CT molecular complexity index is 284. The Balaban J connectivity index is 3.51. The van der Waals surface area contributed by atoms with Gasteiger partial charge in [-0.25, -0.2) is 0 Å². The topological polar surface area (TPSA) is 9.23 Å². The van der Waals surface area contributed by atoms with E-state index in [1.54, 1.807) is 0 Å². The molecule has 0 aromatic carbocycles. The average molecular weight is 373 g/mol. The van der Waals surface area contributed by atoms with Gasteiger partial charge in [-0.1, -0.05) is 97.2 Å². The molecule has 1 unspecified atom stereocenters. The van der Waals surface area contributed by atoms with E-state index in [2.05, 4.69) is 46.6 Å². The van der Waals surface area contributed by atoms with Crippen LogP contribution < -0.4 is 0 Å². The zero-order chi connectivity index (χ0) is 18.5. The van der Waals surface area contributed by atoms with Gasteiger partial charge in [0.05, 0.1) is 0 Å². The van der Waals surface area contributed by atoms with Crippen molar-refractivity contribution in [3.8, 4) is 0 Å². The Labute approximate surface area is 156 Å². The summed E-state index contributed by atoms with van der Waals surface area (Å²) in [6.07, 6.45) is 17.4. The predicted octanol–water partition coefficient (Wildman–Crippen LogP) is 8.18. The number of unbranched alkanes of at least 4 members (excludes halogenated alkanes) is 10. The molecule has 0 radical (unpaired) electrons.